The van der Waals surface area contributed by atoms with E-state index in [4.69, 9.17) is 9.47 Å². The molecule has 0 radical (unpaired) electrons. The van der Waals surface area contributed by atoms with Gasteiger partial charge in [0.15, 0.2) is 11.5 Å². The van der Waals surface area contributed by atoms with Gasteiger partial charge >= 0.3 is 0 Å². The van der Waals surface area contributed by atoms with Crippen LogP contribution in [0.15, 0.2) is 30.5 Å². The largest absolute Gasteiger partial charge is 0.490 e. The molecule has 4 nitrogen and oxygen atoms in total. The molecule has 0 bridgehead atoms. The molecule has 1 N–H and O–H groups in total. The Morgan fingerprint density at radius 1 is 1.10 bits per heavy atom. The first-order chi connectivity index (χ1) is 10.1. The molecule has 1 aromatic carbocycles. The van der Waals surface area contributed by atoms with Crippen molar-refractivity contribution in [3.8, 4) is 11.5 Å². The monoisotopic (exact) mass is 285 g/mol. The molecule has 2 aromatic rings. The number of aryl methyl sites for hydroxylation is 2. The summed E-state index contributed by atoms with van der Waals surface area (Å²) < 4.78 is 11.3. The van der Waals surface area contributed by atoms with Crippen molar-refractivity contribution in [2.45, 2.75) is 26.4 Å². The SMILES string of the molecule is Cc1cnc(C(O)c2ccc3c(c2)OCCCO3)c(C)c1. The first kappa shape index (κ1) is 13.9. The first-order valence-corrected chi connectivity index (χ1v) is 7.16. The van der Waals surface area contributed by atoms with Crippen molar-refractivity contribution >= 4 is 0 Å². The summed E-state index contributed by atoms with van der Waals surface area (Å²) in [5, 5.41) is 10.6. The van der Waals surface area contributed by atoms with E-state index < -0.39 is 6.10 Å². The number of ether oxygens (including phenoxy) is 2. The van der Waals surface area contributed by atoms with Crippen LogP contribution >= 0.6 is 0 Å². The summed E-state index contributed by atoms with van der Waals surface area (Å²) in [4.78, 5) is 4.36. The standard InChI is InChI=1S/C17H19NO3/c1-11-8-12(2)16(18-10-11)17(19)13-4-5-14-15(9-13)21-7-3-6-20-14/h4-5,8-10,17,19H,3,6-7H2,1-2H3. The summed E-state index contributed by atoms with van der Waals surface area (Å²) in [5.74, 6) is 1.42. The molecule has 0 saturated heterocycles. The fraction of sp³-hybridized carbons (Fsp3) is 0.353. The zero-order valence-electron chi connectivity index (χ0n) is 12.3. The second-order valence-corrected chi connectivity index (χ2v) is 5.37. The van der Waals surface area contributed by atoms with Gasteiger partial charge in [0.25, 0.3) is 0 Å². The highest BCUT2D eigenvalue weighted by atomic mass is 16.5. The molecular formula is C17H19NO3. The number of hydrogen-bond acceptors (Lipinski definition) is 4. The van der Waals surface area contributed by atoms with Gasteiger partial charge in [-0.15, -0.1) is 0 Å². The molecule has 1 aliphatic rings. The van der Waals surface area contributed by atoms with Gasteiger partial charge in [-0.2, -0.15) is 0 Å². The average Bonchev–Trinajstić information content (AvgIpc) is 2.71. The number of pyridine rings is 1. The average molecular weight is 285 g/mol. The maximum Gasteiger partial charge on any atom is 0.161 e. The van der Waals surface area contributed by atoms with Crippen LogP contribution in [-0.2, 0) is 0 Å². The Bertz CT molecular complexity index is 654. The van der Waals surface area contributed by atoms with Crippen molar-refractivity contribution in [3.05, 3.63) is 52.8 Å². The topological polar surface area (TPSA) is 51.6 Å². The molecule has 1 atom stereocenters. The molecular weight excluding hydrogens is 266 g/mol. The molecule has 21 heavy (non-hydrogen) atoms. The summed E-state index contributed by atoms with van der Waals surface area (Å²) >= 11 is 0. The van der Waals surface area contributed by atoms with Gasteiger partial charge in [-0.05, 0) is 42.7 Å². The Labute approximate surface area is 124 Å². The zero-order chi connectivity index (χ0) is 14.8. The predicted octanol–water partition coefficient (Wildman–Crippen LogP) is 2.94. The lowest BCUT2D eigenvalue weighted by atomic mass is 10.0. The molecule has 0 fully saturated rings. The van der Waals surface area contributed by atoms with Gasteiger partial charge in [-0.25, -0.2) is 0 Å². The number of aliphatic hydroxyl groups is 1. The van der Waals surface area contributed by atoms with Gasteiger partial charge in [-0.3, -0.25) is 4.98 Å². The number of aliphatic hydroxyl groups excluding tert-OH is 1. The Morgan fingerprint density at radius 3 is 2.62 bits per heavy atom. The van der Waals surface area contributed by atoms with Crippen molar-refractivity contribution in [1.29, 1.82) is 0 Å². The normalized spacial score (nSPS) is 15.4. The minimum atomic E-state index is -0.761. The summed E-state index contributed by atoms with van der Waals surface area (Å²) in [5.41, 5.74) is 3.51. The lowest BCUT2D eigenvalue weighted by Crippen LogP contribution is -2.06. The van der Waals surface area contributed by atoms with Gasteiger partial charge in [-0.1, -0.05) is 12.1 Å². The fourth-order valence-electron chi connectivity index (χ4n) is 2.52. The molecule has 0 amide bonds. The minimum absolute atomic E-state index is 0.633. The third-order valence-corrected chi connectivity index (χ3v) is 3.60. The number of aromatic nitrogens is 1. The van der Waals surface area contributed by atoms with Gasteiger partial charge in [0.1, 0.15) is 6.10 Å². The molecule has 1 aliphatic heterocycles. The number of rotatable bonds is 2. The van der Waals surface area contributed by atoms with Crippen molar-refractivity contribution in [3.63, 3.8) is 0 Å². The van der Waals surface area contributed by atoms with Crippen LogP contribution < -0.4 is 9.47 Å². The van der Waals surface area contributed by atoms with Gasteiger partial charge in [0.2, 0.25) is 0 Å². The van der Waals surface area contributed by atoms with E-state index in [1.807, 2.05) is 38.1 Å². The summed E-state index contributed by atoms with van der Waals surface area (Å²) in [7, 11) is 0. The number of hydrogen-bond donors (Lipinski definition) is 1. The Morgan fingerprint density at radius 2 is 1.86 bits per heavy atom. The lowest BCUT2D eigenvalue weighted by Gasteiger charge is -2.15. The molecule has 110 valence electrons. The molecule has 2 heterocycles. The van der Waals surface area contributed by atoms with Crippen LogP contribution in [0, 0.1) is 13.8 Å². The zero-order valence-corrected chi connectivity index (χ0v) is 12.3. The molecule has 4 heteroatoms. The highest BCUT2D eigenvalue weighted by Crippen LogP contribution is 2.34. The molecule has 1 aromatic heterocycles. The molecule has 0 spiro atoms. The van der Waals surface area contributed by atoms with Crippen molar-refractivity contribution < 1.29 is 14.6 Å². The maximum absolute atomic E-state index is 10.6. The van der Waals surface area contributed by atoms with Crippen molar-refractivity contribution in [1.82, 2.24) is 4.98 Å². The minimum Gasteiger partial charge on any atom is -0.490 e. The van der Waals surface area contributed by atoms with Gasteiger partial charge in [0.05, 0.1) is 18.9 Å². The van der Waals surface area contributed by atoms with Crippen LogP contribution in [0.2, 0.25) is 0 Å². The van der Waals surface area contributed by atoms with E-state index in [1.54, 1.807) is 6.20 Å². The Kier molecular flexibility index (Phi) is 3.80. The van der Waals surface area contributed by atoms with E-state index >= 15 is 0 Å². The van der Waals surface area contributed by atoms with Crippen LogP contribution in [0.3, 0.4) is 0 Å². The Hall–Kier alpha value is -2.07. The molecule has 1 unspecified atom stereocenters. The number of nitrogens with zero attached hydrogens (tertiary/aromatic N) is 1. The predicted molar refractivity (Wildman–Crippen MR) is 79.8 cm³/mol. The first-order valence-electron chi connectivity index (χ1n) is 7.16. The van der Waals surface area contributed by atoms with Gasteiger partial charge in [0, 0.05) is 12.6 Å². The third-order valence-electron chi connectivity index (χ3n) is 3.60. The number of benzene rings is 1. The quantitative estimate of drug-likeness (QED) is 0.921. The van der Waals surface area contributed by atoms with Crippen molar-refractivity contribution in [2.24, 2.45) is 0 Å². The van der Waals surface area contributed by atoms with E-state index in [1.165, 1.54) is 0 Å². The summed E-state index contributed by atoms with van der Waals surface area (Å²) in [6, 6.07) is 7.57. The van der Waals surface area contributed by atoms with Crippen LogP contribution in [0.5, 0.6) is 11.5 Å². The lowest BCUT2D eigenvalue weighted by molar-refractivity contribution is 0.213. The van der Waals surface area contributed by atoms with Crippen LogP contribution in [0.25, 0.3) is 0 Å². The Balaban J connectivity index is 1.94. The van der Waals surface area contributed by atoms with E-state index in [2.05, 4.69) is 4.98 Å². The number of fused-ring (bicyclic) bond motifs is 1. The smallest absolute Gasteiger partial charge is 0.161 e. The van der Waals surface area contributed by atoms with E-state index in [0.29, 0.717) is 24.7 Å². The fourth-order valence-corrected chi connectivity index (χ4v) is 2.52. The highest BCUT2D eigenvalue weighted by Gasteiger charge is 2.18. The van der Waals surface area contributed by atoms with E-state index in [9.17, 15) is 5.11 Å². The highest BCUT2D eigenvalue weighted by molar-refractivity contribution is 5.45. The van der Waals surface area contributed by atoms with Crippen LogP contribution in [-0.4, -0.2) is 23.3 Å². The van der Waals surface area contributed by atoms with E-state index in [-0.39, 0.29) is 0 Å². The van der Waals surface area contributed by atoms with Crippen LogP contribution in [0.4, 0.5) is 0 Å². The molecule has 0 saturated carbocycles. The molecule has 3 rings (SSSR count). The second-order valence-electron chi connectivity index (χ2n) is 5.37. The summed E-state index contributed by atoms with van der Waals surface area (Å²) in [6.45, 7) is 5.24. The van der Waals surface area contributed by atoms with Crippen molar-refractivity contribution in [2.75, 3.05) is 13.2 Å². The summed E-state index contributed by atoms with van der Waals surface area (Å²) in [6.07, 6.45) is 1.88. The van der Waals surface area contributed by atoms with Gasteiger partial charge < -0.3 is 14.6 Å². The second kappa shape index (κ2) is 5.74. The van der Waals surface area contributed by atoms with Crippen LogP contribution in [0.1, 0.15) is 34.9 Å². The maximum atomic E-state index is 10.6. The molecule has 0 aliphatic carbocycles. The third kappa shape index (κ3) is 2.85. The van der Waals surface area contributed by atoms with E-state index in [0.717, 1.165) is 28.9 Å².